The van der Waals surface area contributed by atoms with E-state index < -0.39 is 11.9 Å². The van der Waals surface area contributed by atoms with Crippen molar-refractivity contribution in [1.82, 2.24) is 10.2 Å². The van der Waals surface area contributed by atoms with Gasteiger partial charge in [0.2, 0.25) is 11.8 Å². The van der Waals surface area contributed by atoms with Crippen molar-refractivity contribution in [3.05, 3.63) is 106 Å². The highest BCUT2D eigenvalue weighted by Crippen LogP contribution is 2.21. The minimum absolute atomic E-state index is 0.00861. The van der Waals surface area contributed by atoms with E-state index in [-0.39, 0.29) is 30.8 Å². The molecule has 1 saturated carbocycles. The van der Waals surface area contributed by atoms with Crippen molar-refractivity contribution in [2.24, 2.45) is 0 Å². The van der Waals surface area contributed by atoms with Crippen LogP contribution < -0.4 is 5.32 Å². The van der Waals surface area contributed by atoms with Crippen molar-refractivity contribution in [1.29, 1.82) is 0 Å². The van der Waals surface area contributed by atoms with E-state index in [1.165, 1.54) is 11.0 Å². The number of rotatable bonds is 9. The highest BCUT2D eigenvalue weighted by Gasteiger charge is 2.32. The molecule has 0 unspecified atom stereocenters. The average molecular weight is 493 g/mol. The summed E-state index contributed by atoms with van der Waals surface area (Å²) in [5.41, 5.74) is 2.10. The van der Waals surface area contributed by atoms with Gasteiger partial charge in [-0.15, -0.1) is 0 Å². The van der Waals surface area contributed by atoms with Crippen LogP contribution in [-0.4, -0.2) is 28.8 Å². The second-order valence-corrected chi connectivity index (χ2v) is 9.55. The Morgan fingerprint density at radius 3 is 2.26 bits per heavy atom. The van der Waals surface area contributed by atoms with Crippen LogP contribution in [0, 0.1) is 5.82 Å². The van der Waals surface area contributed by atoms with Crippen LogP contribution in [0.5, 0.6) is 0 Å². The molecular formula is C29H30ClFN2O2. The second-order valence-electron chi connectivity index (χ2n) is 9.11. The lowest BCUT2D eigenvalue weighted by molar-refractivity contribution is -0.141. The average Bonchev–Trinajstić information content (AvgIpc) is 3.37. The first kappa shape index (κ1) is 24.9. The van der Waals surface area contributed by atoms with Gasteiger partial charge in [0.15, 0.2) is 0 Å². The van der Waals surface area contributed by atoms with Gasteiger partial charge in [-0.2, -0.15) is 0 Å². The molecule has 1 aliphatic rings. The van der Waals surface area contributed by atoms with Crippen molar-refractivity contribution < 1.29 is 14.0 Å². The molecule has 1 fully saturated rings. The number of nitrogens with zero attached hydrogens (tertiary/aromatic N) is 1. The molecule has 0 saturated heterocycles. The lowest BCUT2D eigenvalue weighted by Gasteiger charge is -2.32. The number of carbonyl (C=O) groups is 2. The Morgan fingerprint density at radius 2 is 1.57 bits per heavy atom. The molecule has 1 atom stereocenters. The van der Waals surface area contributed by atoms with Crippen LogP contribution >= 0.6 is 11.6 Å². The fraction of sp³-hybridized carbons (Fsp3) is 0.310. The zero-order valence-electron chi connectivity index (χ0n) is 19.6. The number of nitrogens with one attached hydrogen (secondary N) is 1. The molecule has 3 aromatic carbocycles. The Kier molecular flexibility index (Phi) is 8.54. The van der Waals surface area contributed by atoms with Crippen LogP contribution in [0.15, 0.2) is 78.9 Å². The highest BCUT2D eigenvalue weighted by molar-refractivity contribution is 6.30. The number of hydrogen-bond acceptors (Lipinski definition) is 2. The molecule has 4 rings (SSSR count). The Balaban J connectivity index is 1.66. The zero-order valence-corrected chi connectivity index (χ0v) is 20.4. The van der Waals surface area contributed by atoms with Crippen molar-refractivity contribution in [2.45, 2.75) is 57.2 Å². The molecule has 3 aromatic rings. The van der Waals surface area contributed by atoms with Crippen LogP contribution in [0.4, 0.5) is 4.39 Å². The first-order valence-electron chi connectivity index (χ1n) is 12.1. The summed E-state index contributed by atoms with van der Waals surface area (Å²) in [7, 11) is 0. The van der Waals surface area contributed by atoms with E-state index in [1.54, 1.807) is 42.5 Å². The lowest BCUT2D eigenvalue weighted by Crippen LogP contribution is -2.52. The molecule has 6 heteroatoms. The van der Waals surface area contributed by atoms with E-state index in [1.807, 2.05) is 30.3 Å². The van der Waals surface area contributed by atoms with Gasteiger partial charge in [-0.3, -0.25) is 9.59 Å². The molecule has 0 aromatic heterocycles. The molecule has 0 aliphatic heterocycles. The first-order valence-corrected chi connectivity index (χ1v) is 12.5. The van der Waals surface area contributed by atoms with Gasteiger partial charge in [0.05, 0.1) is 6.42 Å². The molecule has 0 spiro atoms. The summed E-state index contributed by atoms with van der Waals surface area (Å²) in [6, 6.07) is 22.4. The van der Waals surface area contributed by atoms with E-state index in [2.05, 4.69) is 5.32 Å². The van der Waals surface area contributed by atoms with E-state index in [4.69, 9.17) is 11.6 Å². The summed E-state index contributed by atoms with van der Waals surface area (Å²) in [4.78, 5) is 28.8. The maximum Gasteiger partial charge on any atom is 0.243 e. The lowest BCUT2D eigenvalue weighted by atomic mass is 10.0. The quantitative estimate of drug-likeness (QED) is 0.415. The standard InChI is InChI=1S/C29H30ClFN2O2/c30-24-16-14-22(15-17-24)19-28(34)33(20-23-10-4-7-13-26(23)31)27(18-21-8-2-1-3-9-21)29(35)32-25-11-5-6-12-25/h1-4,7-10,13-17,25,27H,5-6,11-12,18-20H2,(H,32,35)/t27-/m0/s1. The van der Waals surface area contributed by atoms with E-state index in [0.29, 0.717) is 17.0 Å². The van der Waals surface area contributed by atoms with Gasteiger partial charge in [-0.25, -0.2) is 4.39 Å². The van der Waals surface area contributed by atoms with Gasteiger partial charge < -0.3 is 10.2 Å². The minimum Gasteiger partial charge on any atom is -0.352 e. The predicted molar refractivity (Wildman–Crippen MR) is 136 cm³/mol. The van der Waals surface area contributed by atoms with Crippen LogP contribution in [0.1, 0.15) is 42.4 Å². The summed E-state index contributed by atoms with van der Waals surface area (Å²) in [6.07, 6.45) is 4.49. The fourth-order valence-corrected chi connectivity index (χ4v) is 4.74. The number of carbonyl (C=O) groups excluding carboxylic acids is 2. The van der Waals surface area contributed by atoms with Gasteiger partial charge >= 0.3 is 0 Å². The minimum atomic E-state index is -0.766. The molecule has 35 heavy (non-hydrogen) atoms. The predicted octanol–water partition coefficient (Wildman–Crippen LogP) is 5.72. The zero-order chi connectivity index (χ0) is 24.6. The summed E-state index contributed by atoms with van der Waals surface area (Å²) < 4.78 is 14.7. The summed E-state index contributed by atoms with van der Waals surface area (Å²) in [5.74, 6) is -0.828. The van der Waals surface area contributed by atoms with E-state index in [0.717, 1.165) is 36.8 Å². The maximum absolute atomic E-state index is 14.7. The van der Waals surface area contributed by atoms with Gasteiger partial charge in [0.1, 0.15) is 11.9 Å². The summed E-state index contributed by atoms with van der Waals surface area (Å²) in [5, 5.41) is 3.75. The van der Waals surface area contributed by atoms with Crippen LogP contribution in [0.25, 0.3) is 0 Å². The SMILES string of the molecule is O=C(NC1CCCC1)[C@H](Cc1ccccc1)N(Cc1ccccc1F)C(=O)Cc1ccc(Cl)cc1. The Bertz CT molecular complexity index is 1130. The molecule has 4 nitrogen and oxygen atoms in total. The van der Waals surface area contributed by atoms with Crippen molar-refractivity contribution in [3.63, 3.8) is 0 Å². The largest absolute Gasteiger partial charge is 0.352 e. The summed E-state index contributed by atoms with van der Waals surface area (Å²) in [6.45, 7) is 0.00861. The molecule has 2 amide bonds. The molecule has 0 heterocycles. The number of benzene rings is 3. The molecule has 0 radical (unpaired) electrons. The fourth-order valence-electron chi connectivity index (χ4n) is 4.61. The van der Waals surface area contributed by atoms with Gasteiger partial charge in [-0.05, 0) is 42.2 Å². The van der Waals surface area contributed by atoms with Crippen molar-refractivity contribution in [2.75, 3.05) is 0 Å². The molecular weight excluding hydrogens is 463 g/mol. The molecule has 1 N–H and O–H groups in total. The molecule has 0 bridgehead atoms. The first-order chi connectivity index (χ1) is 17.0. The van der Waals surface area contributed by atoms with Gasteiger partial charge in [0.25, 0.3) is 0 Å². The van der Waals surface area contributed by atoms with Gasteiger partial charge in [0, 0.05) is 29.6 Å². The number of halogens is 2. The summed E-state index contributed by atoms with van der Waals surface area (Å²) >= 11 is 6.01. The topological polar surface area (TPSA) is 49.4 Å². The second kappa shape index (κ2) is 12.0. The smallest absolute Gasteiger partial charge is 0.243 e. The third-order valence-corrected chi connectivity index (χ3v) is 6.79. The Hall–Kier alpha value is -3.18. The van der Waals surface area contributed by atoms with E-state index >= 15 is 0 Å². The van der Waals surface area contributed by atoms with Crippen molar-refractivity contribution in [3.8, 4) is 0 Å². The number of hydrogen-bond donors (Lipinski definition) is 1. The molecule has 182 valence electrons. The van der Waals surface area contributed by atoms with Crippen LogP contribution in [0.2, 0.25) is 5.02 Å². The third kappa shape index (κ3) is 6.92. The molecule has 1 aliphatic carbocycles. The normalized spacial score (nSPS) is 14.5. The van der Waals surface area contributed by atoms with Crippen LogP contribution in [0.3, 0.4) is 0 Å². The monoisotopic (exact) mass is 492 g/mol. The Morgan fingerprint density at radius 1 is 0.914 bits per heavy atom. The highest BCUT2D eigenvalue weighted by atomic mass is 35.5. The maximum atomic E-state index is 14.7. The Labute approximate surface area is 211 Å². The van der Waals surface area contributed by atoms with Gasteiger partial charge in [-0.1, -0.05) is 85.1 Å². The van der Waals surface area contributed by atoms with E-state index in [9.17, 15) is 14.0 Å². The third-order valence-electron chi connectivity index (χ3n) is 6.54. The number of amides is 2. The van der Waals surface area contributed by atoms with Crippen molar-refractivity contribution >= 4 is 23.4 Å². The van der Waals surface area contributed by atoms with Crippen LogP contribution in [-0.2, 0) is 29.0 Å².